The highest BCUT2D eigenvalue weighted by molar-refractivity contribution is 6.03. The van der Waals surface area contributed by atoms with Crippen molar-refractivity contribution in [2.45, 2.75) is 12.8 Å². The molecule has 1 saturated carbocycles. The highest BCUT2D eigenvalue weighted by Gasteiger charge is 2.34. The maximum atomic E-state index is 14.2. The standard InChI is InChI=1S/C20H19FN4O/c21-16-4-1-2-5-19(16)25-18-7-3-6-17(15(18)12-22-25)24-11-10-23(20(24)26)13-14-8-9-14/h1-7,12,14H,8-11,13H2. The zero-order valence-corrected chi connectivity index (χ0v) is 14.3. The normalized spacial score (nSPS) is 17.5. The molecule has 0 atom stereocenters. The highest BCUT2D eigenvalue weighted by atomic mass is 19.1. The molecule has 0 radical (unpaired) electrons. The van der Waals surface area contributed by atoms with E-state index in [0.29, 0.717) is 18.2 Å². The Balaban J connectivity index is 1.54. The van der Waals surface area contributed by atoms with E-state index in [1.165, 1.54) is 18.9 Å². The number of para-hydroxylation sites is 1. The Morgan fingerprint density at radius 1 is 1.04 bits per heavy atom. The summed E-state index contributed by atoms with van der Waals surface area (Å²) in [7, 11) is 0. The first-order chi connectivity index (χ1) is 12.7. The molecule has 2 aromatic carbocycles. The molecule has 2 fully saturated rings. The average molecular weight is 350 g/mol. The van der Waals surface area contributed by atoms with Gasteiger partial charge in [-0.05, 0) is 43.0 Å². The number of hydrogen-bond donors (Lipinski definition) is 0. The lowest BCUT2D eigenvalue weighted by Crippen LogP contribution is -2.33. The Morgan fingerprint density at radius 3 is 2.65 bits per heavy atom. The first-order valence-corrected chi connectivity index (χ1v) is 9.00. The largest absolute Gasteiger partial charge is 0.324 e. The molecule has 132 valence electrons. The van der Waals surface area contributed by atoms with Crippen LogP contribution in [0.2, 0.25) is 0 Å². The zero-order chi connectivity index (χ0) is 17.7. The van der Waals surface area contributed by atoms with E-state index in [9.17, 15) is 9.18 Å². The van der Waals surface area contributed by atoms with Gasteiger partial charge in [-0.15, -0.1) is 0 Å². The van der Waals surface area contributed by atoms with Crippen LogP contribution in [-0.2, 0) is 0 Å². The van der Waals surface area contributed by atoms with Gasteiger partial charge in [0.15, 0.2) is 0 Å². The number of halogens is 1. The molecule has 1 aliphatic carbocycles. The molecule has 0 bridgehead atoms. The van der Waals surface area contributed by atoms with Gasteiger partial charge in [-0.2, -0.15) is 5.10 Å². The maximum Gasteiger partial charge on any atom is 0.324 e. The second-order valence-electron chi connectivity index (χ2n) is 7.04. The molecular formula is C20H19FN4O. The SMILES string of the molecule is O=C1N(CC2CC2)CCN1c1cccc2c1cnn2-c1ccccc1F. The van der Waals surface area contributed by atoms with Crippen molar-refractivity contribution in [3.8, 4) is 5.69 Å². The van der Waals surface area contributed by atoms with Crippen LogP contribution >= 0.6 is 0 Å². The number of carbonyl (C=O) groups excluding carboxylic acids is 1. The molecule has 1 aromatic heterocycles. The summed E-state index contributed by atoms with van der Waals surface area (Å²) in [6.45, 7) is 2.29. The van der Waals surface area contributed by atoms with E-state index in [2.05, 4.69) is 5.10 Å². The van der Waals surface area contributed by atoms with E-state index in [1.54, 1.807) is 29.1 Å². The van der Waals surface area contributed by atoms with Crippen LogP contribution in [0.5, 0.6) is 0 Å². The molecule has 1 aliphatic heterocycles. The Kier molecular flexibility index (Phi) is 3.45. The summed E-state index contributed by atoms with van der Waals surface area (Å²) in [5, 5.41) is 5.24. The Labute approximate surface area is 150 Å². The van der Waals surface area contributed by atoms with E-state index in [1.807, 2.05) is 28.0 Å². The summed E-state index contributed by atoms with van der Waals surface area (Å²) in [4.78, 5) is 16.6. The van der Waals surface area contributed by atoms with Gasteiger partial charge in [0.05, 0.1) is 17.4 Å². The van der Waals surface area contributed by atoms with Crippen LogP contribution in [0.1, 0.15) is 12.8 Å². The van der Waals surface area contributed by atoms with Gasteiger partial charge in [-0.25, -0.2) is 13.9 Å². The fourth-order valence-electron chi connectivity index (χ4n) is 3.67. The van der Waals surface area contributed by atoms with Gasteiger partial charge in [0.1, 0.15) is 11.5 Å². The van der Waals surface area contributed by atoms with Crippen LogP contribution in [0.4, 0.5) is 14.9 Å². The Morgan fingerprint density at radius 2 is 1.85 bits per heavy atom. The predicted molar refractivity (Wildman–Crippen MR) is 98.1 cm³/mol. The maximum absolute atomic E-state index is 14.2. The van der Waals surface area contributed by atoms with Crippen molar-refractivity contribution < 1.29 is 9.18 Å². The summed E-state index contributed by atoms with van der Waals surface area (Å²) < 4.78 is 15.8. The summed E-state index contributed by atoms with van der Waals surface area (Å²) in [6, 6.07) is 12.4. The molecule has 6 heteroatoms. The first-order valence-electron chi connectivity index (χ1n) is 9.00. The van der Waals surface area contributed by atoms with Gasteiger partial charge in [-0.3, -0.25) is 4.90 Å². The van der Waals surface area contributed by atoms with Gasteiger partial charge in [0, 0.05) is 25.0 Å². The second-order valence-corrected chi connectivity index (χ2v) is 7.04. The number of amides is 2. The van der Waals surface area contributed by atoms with Crippen molar-refractivity contribution >= 4 is 22.6 Å². The van der Waals surface area contributed by atoms with Gasteiger partial charge in [0.25, 0.3) is 0 Å². The van der Waals surface area contributed by atoms with Crippen molar-refractivity contribution in [2.75, 3.05) is 24.5 Å². The fourth-order valence-corrected chi connectivity index (χ4v) is 3.67. The zero-order valence-electron chi connectivity index (χ0n) is 14.3. The molecule has 1 saturated heterocycles. The smallest absolute Gasteiger partial charge is 0.322 e. The number of nitrogens with zero attached hydrogens (tertiary/aromatic N) is 4. The number of benzene rings is 2. The molecule has 5 rings (SSSR count). The topological polar surface area (TPSA) is 41.4 Å². The van der Waals surface area contributed by atoms with Crippen LogP contribution in [0.3, 0.4) is 0 Å². The average Bonchev–Trinajstić information content (AvgIpc) is 3.26. The Bertz CT molecular complexity index is 994. The van der Waals surface area contributed by atoms with Crippen molar-refractivity contribution in [2.24, 2.45) is 5.92 Å². The quantitative estimate of drug-likeness (QED) is 0.718. The number of fused-ring (bicyclic) bond motifs is 1. The molecule has 3 aromatic rings. The molecule has 0 unspecified atom stereocenters. The monoisotopic (exact) mass is 350 g/mol. The van der Waals surface area contributed by atoms with Crippen molar-refractivity contribution in [1.82, 2.24) is 14.7 Å². The number of urea groups is 1. The summed E-state index contributed by atoms with van der Waals surface area (Å²) in [5.41, 5.74) is 2.04. The number of aromatic nitrogens is 2. The minimum Gasteiger partial charge on any atom is -0.322 e. The molecule has 0 N–H and O–H groups in total. The van der Waals surface area contributed by atoms with E-state index in [-0.39, 0.29) is 11.8 Å². The van der Waals surface area contributed by atoms with E-state index >= 15 is 0 Å². The van der Waals surface area contributed by atoms with E-state index < -0.39 is 0 Å². The van der Waals surface area contributed by atoms with Crippen LogP contribution < -0.4 is 4.90 Å². The van der Waals surface area contributed by atoms with Crippen molar-refractivity contribution in [3.63, 3.8) is 0 Å². The minimum atomic E-state index is -0.323. The van der Waals surface area contributed by atoms with Crippen LogP contribution in [-0.4, -0.2) is 40.3 Å². The number of rotatable bonds is 4. The van der Waals surface area contributed by atoms with Crippen LogP contribution in [0.25, 0.3) is 16.6 Å². The summed E-state index contributed by atoms with van der Waals surface area (Å²) in [5.74, 6) is 0.356. The molecule has 26 heavy (non-hydrogen) atoms. The lowest BCUT2D eigenvalue weighted by atomic mass is 10.2. The summed E-state index contributed by atoms with van der Waals surface area (Å²) >= 11 is 0. The third kappa shape index (κ3) is 2.44. The third-order valence-electron chi connectivity index (χ3n) is 5.23. The fraction of sp³-hybridized carbons (Fsp3) is 0.300. The predicted octanol–water partition coefficient (Wildman–Crippen LogP) is 3.82. The van der Waals surface area contributed by atoms with Gasteiger partial charge in [-0.1, -0.05) is 18.2 Å². The molecule has 2 aliphatic rings. The summed E-state index contributed by atoms with van der Waals surface area (Å²) in [6.07, 6.45) is 4.18. The number of carbonyl (C=O) groups is 1. The van der Waals surface area contributed by atoms with Crippen LogP contribution in [0, 0.1) is 11.7 Å². The third-order valence-corrected chi connectivity index (χ3v) is 5.23. The highest BCUT2D eigenvalue weighted by Crippen LogP contribution is 2.34. The van der Waals surface area contributed by atoms with Crippen molar-refractivity contribution in [1.29, 1.82) is 0 Å². The molecule has 5 nitrogen and oxygen atoms in total. The number of hydrogen-bond acceptors (Lipinski definition) is 2. The molecule has 2 amide bonds. The number of anilines is 1. The lowest BCUT2D eigenvalue weighted by molar-refractivity contribution is 0.218. The first kappa shape index (κ1) is 15.4. The van der Waals surface area contributed by atoms with E-state index in [0.717, 1.165) is 29.7 Å². The molecule has 2 heterocycles. The lowest BCUT2D eigenvalue weighted by Gasteiger charge is -2.19. The minimum absolute atomic E-state index is 0.0584. The Hall–Kier alpha value is -2.89. The van der Waals surface area contributed by atoms with Gasteiger partial charge >= 0.3 is 6.03 Å². The van der Waals surface area contributed by atoms with Crippen LogP contribution in [0.15, 0.2) is 48.7 Å². The van der Waals surface area contributed by atoms with Gasteiger partial charge in [0.2, 0.25) is 0 Å². The van der Waals surface area contributed by atoms with E-state index in [4.69, 9.17) is 0 Å². The van der Waals surface area contributed by atoms with Crippen molar-refractivity contribution in [3.05, 3.63) is 54.5 Å². The molecule has 0 spiro atoms. The van der Waals surface area contributed by atoms with Gasteiger partial charge < -0.3 is 4.90 Å². The second kappa shape index (κ2) is 5.83. The molecular weight excluding hydrogens is 331 g/mol.